The van der Waals surface area contributed by atoms with Crippen LogP contribution in [0.1, 0.15) is 43.6 Å². The van der Waals surface area contributed by atoms with Crippen LogP contribution < -0.4 is 0 Å². The number of pyridine rings is 1. The molecular formula is C12H17NOS. The van der Waals surface area contributed by atoms with Gasteiger partial charge in [-0.05, 0) is 24.3 Å². The minimum absolute atomic E-state index is 0.111. The van der Waals surface area contributed by atoms with E-state index in [9.17, 15) is 4.79 Å². The van der Waals surface area contributed by atoms with E-state index in [0.717, 1.165) is 10.6 Å². The Morgan fingerprint density at radius 2 is 2.20 bits per heavy atom. The molecule has 2 nitrogen and oxygen atoms in total. The number of carbonyl (C=O) groups is 1. The van der Waals surface area contributed by atoms with Gasteiger partial charge in [-0.1, -0.05) is 20.3 Å². The molecule has 1 aromatic heterocycles. The molecule has 0 bridgehead atoms. The van der Waals surface area contributed by atoms with Crippen LogP contribution in [-0.2, 0) is 0 Å². The molecule has 15 heavy (non-hydrogen) atoms. The number of rotatable bonds is 6. The van der Waals surface area contributed by atoms with Crippen molar-refractivity contribution >= 4 is 17.5 Å². The standard InChI is InChI=1S/C12H17NOS/c1-3-5-8-15-10-6-7-11(13-9-10)12(14)4-2/h6-7,9H,3-5,8H2,1-2H3. The maximum absolute atomic E-state index is 11.3. The summed E-state index contributed by atoms with van der Waals surface area (Å²) >= 11 is 1.80. The second kappa shape index (κ2) is 6.62. The van der Waals surface area contributed by atoms with Gasteiger partial charge in [0.25, 0.3) is 0 Å². The topological polar surface area (TPSA) is 30.0 Å². The Balaban J connectivity index is 2.52. The van der Waals surface area contributed by atoms with Crippen molar-refractivity contribution in [3.05, 3.63) is 24.0 Å². The molecule has 0 aromatic carbocycles. The largest absolute Gasteiger partial charge is 0.292 e. The van der Waals surface area contributed by atoms with E-state index in [1.54, 1.807) is 18.0 Å². The Morgan fingerprint density at radius 1 is 1.40 bits per heavy atom. The van der Waals surface area contributed by atoms with Crippen molar-refractivity contribution in [1.29, 1.82) is 0 Å². The fourth-order valence-corrected chi connectivity index (χ4v) is 2.11. The van der Waals surface area contributed by atoms with Crippen LogP contribution in [0.5, 0.6) is 0 Å². The first-order valence-electron chi connectivity index (χ1n) is 5.40. The lowest BCUT2D eigenvalue weighted by atomic mass is 10.2. The van der Waals surface area contributed by atoms with Crippen molar-refractivity contribution < 1.29 is 4.79 Å². The lowest BCUT2D eigenvalue weighted by molar-refractivity contribution is 0.0983. The molecule has 1 rings (SSSR count). The van der Waals surface area contributed by atoms with E-state index in [4.69, 9.17) is 0 Å². The van der Waals surface area contributed by atoms with Gasteiger partial charge in [0, 0.05) is 17.5 Å². The van der Waals surface area contributed by atoms with Crippen LogP contribution in [0.25, 0.3) is 0 Å². The molecule has 0 saturated heterocycles. The third-order valence-corrected chi connectivity index (χ3v) is 3.18. The average molecular weight is 223 g/mol. The van der Waals surface area contributed by atoms with Gasteiger partial charge < -0.3 is 0 Å². The molecular weight excluding hydrogens is 206 g/mol. The van der Waals surface area contributed by atoms with Gasteiger partial charge in [0.05, 0.1) is 0 Å². The Labute approximate surface area is 95.5 Å². The number of hydrogen-bond donors (Lipinski definition) is 0. The highest BCUT2D eigenvalue weighted by Gasteiger charge is 2.03. The van der Waals surface area contributed by atoms with Gasteiger partial charge in [-0.3, -0.25) is 9.78 Å². The molecule has 0 saturated carbocycles. The van der Waals surface area contributed by atoms with Gasteiger partial charge in [-0.25, -0.2) is 0 Å². The van der Waals surface area contributed by atoms with E-state index in [1.807, 2.05) is 19.1 Å². The quantitative estimate of drug-likeness (QED) is 0.419. The molecule has 0 aliphatic rings. The second-order valence-electron chi connectivity index (χ2n) is 3.36. The predicted octanol–water partition coefficient (Wildman–Crippen LogP) is 3.57. The van der Waals surface area contributed by atoms with Crippen LogP contribution in [0.15, 0.2) is 23.2 Å². The zero-order valence-corrected chi connectivity index (χ0v) is 10.1. The maximum Gasteiger partial charge on any atom is 0.180 e. The molecule has 0 radical (unpaired) electrons. The molecule has 0 atom stereocenters. The lowest BCUT2D eigenvalue weighted by Gasteiger charge is -2.01. The molecule has 0 N–H and O–H groups in total. The van der Waals surface area contributed by atoms with Crippen molar-refractivity contribution in [2.24, 2.45) is 0 Å². The Hall–Kier alpha value is -0.830. The summed E-state index contributed by atoms with van der Waals surface area (Å²) in [6.45, 7) is 4.04. The van der Waals surface area contributed by atoms with Gasteiger partial charge in [-0.2, -0.15) is 0 Å². The highest BCUT2D eigenvalue weighted by atomic mass is 32.2. The van der Waals surface area contributed by atoms with Gasteiger partial charge in [0.1, 0.15) is 5.69 Å². The summed E-state index contributed by atoms with van der Waals surface area (Å²) in [7, 11) is 0. The van der Waals surface area contributed by atoms with Gasteiger partial charge in [-0.15, -0.1) is 11.8 Å². The fraction of sp³-hybridized carbons (Fsp3) is 0.500. The molecule has 0 spiro atoms. The van der Waals surface area contributed by atoms with E-state index in [0.29, 0.717) is 12.1 Å². The van der Waals surface area contributed by atoms with Gasteiger partial charge in [0.2, 0.25) is 0 Å². The molecule has 3 heteroatoms. The molecule has 0 aliphatic carbocycles. The number of thioether (sulfide) groups is 1. The summed E-state index contributed by atoms with van der Waals surface area (Å²) in [4.78, 5) is 16.6. The number of carbonyl (C=O) groups excluding carboxylic acids is 1. The van der Waals surface area contributed by atoms with Crippen molar-refractivity contribution in [3.63, 3.8) is 0 Å². The fourth-order valence-electron chi connectivity index (χ4n) is 1.15. The van der Waals surface area contributed by atoms with Crippen molar-refractivity contribution in [3.8, 4) is 0 Å². The van der Waals surface area contributed by atoms with E-state index in [-0.39, 0.29) is 5.78 Å². The monoisotopic (exact) mass is 223 g/mol. The third-order valence-electron chi connectivity index (χ3n) is 2.11. The van der Waals surface area contributed by atoms with Crippen LogP contribution in [0.2, 0.25) is 0 Å². The summed E-state index contributed by atoms with van der Waals surface area (Å²) < 4.78 is 0. The number of Topliss-reactive ketones (excluding diaryl/α,β-unsaturated/α-hetero) is 1. The normalized spacial score (nSPS) is 10.3. The first-order chi connectivity index (χ1) is 7.27. The van der Waals surface area contributed by atoms with E-state index < -0.39 is 0 Å². The molecule has 1 heterocycles. The third kappa shape index (κ3) is 4.04. The van der Waals surface area contributed by atoms with Crippen LogP contribution >= 0.6 is 11.8 Å². The van der Waals surface area contributed by atoms with E-state index in [2.05, 4.69) is 11.9 Å². The first kappa shape index (κ1) is 12.2. The minimum atomic E-state index is 0.111. The zero-order valence-electron chi connectivity index (χ0n) is 9.32. The molecule has 82 valence electrons. The molecule has 0 aliphatic heterocycles. The number of ketones is 1. The molecule has 0 fully saturated rings. The zero-order chi connectivity index (χ0) is 11.1. The highest BCUT2D eigenvalue weighted by molar-refractivity contribution is 7.99. The maximum atomic E-state index is 11.3. The van der Waals surface area contributed by atoms with Crippen LogP contribution in [0.3, 0.4) is 0 Å². The minimum Gasteiger partial charge on any atom is -0.292 e. The number of unbranched alkanes of at least 4 members (excludes halogenated alkanes) is 1. The highest BCUT2D eigenvalue weighted by Crippen LogP contribution is 2.18. The second-order valence-corrected chi connectivity index (χ2v) is 4.53. The van der Waals surface area contributed by atoms with Crippen LogP contribution in [0, 0.1) is 0 Å². The Bertz CT molecular complexity index is 308. The SMILES string of the molecule is CCCCSc1ccc(C(=O)CC)nc1. The summed E-state index contributed by atoms with van der Waals surface area (Å²) in [6.07, 6.45) is 4.76. The van der Waals surface area contributed by atoms with Crippen molar-refractivity contribution in [2.45, 2.75) is 38.0 Å². The summed E-state index contributed by atoms with van der Waals surface area (Å²) in [5.41, 5.74) is 0.581. The van der Waals surface area contributed by atoms with Crippen LogP contribution in [-0.4, -0.2) is 16.5 Å². The van der Waals surface area contributed by atoms with E-state index >= 15 is 0 Å². The number of nitrogens with zero attached hydrogens (tertiary/aromatic N) is 1. The first-order valence-corrected chi connectivity index (χ1v) is 6.38. The van der Waals surface area contributed by atoms with E-state index in [1.165, 1.54) is 12.8 Å². The van der Waals surface area contributed by atoms with Crippen LogP contribution in [0.4, 0.5) is 0 Å². The average Bonchev–Trinajstić information content (AvgIpc) is 2.29. The Kier molecular flexibility index (Phi) is 5.40. The summed E-state index contributed by atoms with van der Waals surface area (Å²) in [6, 6.07) is 3.80. The molecule has 0 unspecified atom stereocenters. The predicted molar refractivity (Wildman–Crippen MR) is 64.5 cm³/mol. The van der Waals surface area contributed by atoms with Crippen molar-refractivity contribution in [2.75, 3.05) is 5.75 Å². The van der Waals surface area contributed by atoms with Crippen molar-refractivity contribution in [1.82, 2.24) is 4.98 Å². The van der Waals surface area contributed by atoms with Gasteiger partial charge in [0.15, 0.2) is 5.78 Å². The smallest absolute Gasteiger partial charge is 0.180 e. The summed E-state index contributed by atoms with van der Waals surface area (Å²) in [5.74, 6) is 1.24. The van der Waals surface area contributed by atoms with Gasteiger partial charge >= 0.3 is 0 Å². The molecule has 1 aromatic rings. The number of aromatic nitrogens is 1. The summed E-state index contributed by atoms with van der Waals surface area (Å²) in [5, 5.41) is 0. The Morgan fingerprint density at radius 3 is 2.73 bits per heavy atom. The lowest BCUT2D eigenvalue weighted by Crippen LogP contribution is -1.99. The molecule has 0 amide bonds. The number of hydrogen-bond acceptors (Lipinski definition) is 3.